The number of aromatic nitrogens is 4. The van der Waals surface area contributed by atoms with Crippen LogP contribution < -0.4 is 15.8 Å². The molecule has 2 aliphatic heterocycles. The summed E-state index contributed by atoms with van der Waals surface area (Å²) >= 11 is 1.46. The molecule has 0 radical (unpaired) electrons. The molecule has 3 aliphatic rings. The average molecular weight is 723 g/mol. The summed E-state index contributed by atoms with van der Waals surface area (Å²) in [6, 6.07) is 13.0. The van der Waals surface area contributed by atoms with E-state index in [4.69, 9.17) is 23.9 Å². The summed E-state index contributed by atoms with van der Waals surface area (Å²) in [7, 11) is 1.48. The summed E-state index contributed by atoms with van der Waals surface area (Å²) < 4.78 is 46.0. The van der Waals surface area contributed by atoms with Gasteiger partial charge in [-0.1, -0.05) is 18.2 Å². The first kappa shape index (κ1) is 32.4. The first-order chi connectivity index (χ1) is 25.3. The van der Waals surface area contributed by atoms with Crippen LogP contribution >= 0.6 is 11.3 Å². The van der Waals surface area contributed by atoms with Gasteiger partial charge in [0.1, 0.15) is 11.6 Å². The molecule has 1 fully saturated rings. The fraction of sp³-hybridized carbons (Fsp3) is 0.289. The monoisotopic (exact) mass is 722 g/mol. The van der Waals surface area contributed by atoms with Gasteiger partial charge >= 0.3 is 5.76 Å². The van der Waals surface area contributed by atoms with Crippen LogP contribution in [0, 0.1) is 18.6 Å². The predicted molar refractivity (Wildman–Crippen MR) is 190 cm³/mol. The van der Waals surface area contributed by atoms with Crippen molar-refractivity contribution in [2.45, 2.75) is 44.7 Å². The number of morpholine rings is 1. The van der Waals surface area contributed by atoms with Crippen molar-refractivity contribution in [2.24, 2.45) is 0 Å². The maximum absolute atomic E-state index is 14.5. The molecule has 0 spiro atoms. The van der Waals surface area contributed by atoms with Crippen molar-refractivity contribution in [3.05, 3.63) is 110 Å². The number of aromatic amines is 1. The number of anilines is 1. The number of carbonyl (C=O) groups is 1. The van der Waals surface area contributed by atoms with E-state index in [0.717, 1.165) is 43.8 Å². The Morgan fingerprint density at radius 1 is 1.06 bits per heavy atom. The summed E-state index contributed by atoms with van der Waals surface area (Å²) in [6.07, 6.45) is 2.29. The first-order valence-corrected chi connectivity index (χ1v) is 17.9. The van der Waals surface area contributed by atoms with Gasteiger partial charge in [-0.05, 0) is 79.5 Å². The Bertz CT molecular complexity index is 2460. The van der Waals surface area contributed by atoms with E-state index in [-0.39, 0.29) is 41.3 Å². The number of pyridine rings is 2. The standard InChI is InChI=1S/C38H32F2N6O5S/c1-18-15-20-16-28(52-34(20)35(41-18)43-25-12-9-23-22(25)8-10-24(40)33(23)49-2)30-29(36-44-45-38(48)51-36)26(11-5-19-3-6-21(39)7-4-19)42-32-27-17-50-14-13-46(27)37(47)31(30)32/h3-4,6-8,10,15-16,25,27H,5,9,11-14,17H2,1-2H3,(H,41,43)(H,45,48)/t25-,27?/m0/s1. The largest absolute Gasteiger partial charge is 0.493 e. The van der Waals surface area contributed by atoms with Crippen molar-refractivity contribution in [1.29, 1.82) is 0 Å². The third-order valence-corrected chi connectivity index (χ3v) is 11.3. The summed E-state index contributed by atoms with van der Waals surface area (Å²) in [4.78, 5) is 39.3. The lowest BCUT2D eigenvalue weighted by atomic mass is 9.93. The van der Waals surface area contributed by atoms with Crippen LogP contribution in [0.1, 0.15) is 62.6 Å². The Labute approximate surface area is 299 Å². The van der Waals surface area contributed by atoms with Gasteiger partial charge in [0.05, 0.1) is 59.6 Å². The number of methoxy groups -OCH3 is 1. The minimum Gasteiger partial charge on any atom is -0.493 e. The Hall–Kier alpha value is -5.47. The van der Waals surface area contributed by atoms with Gasteiger partial charge in [0.15, 0.2) is 11.6 Å². The number of nitrogens with one attached hydrogen (secondary N) is 2. The Morgan fingerprint density at radius 2 is 1.90 bits per heavy atom. The van der Waals surface area contributed by atoms with Crippen molar-refractivity contribution in [3.63, 3.8) is 0 Å². The van der Waals surface area contributed by atoms with Crippen LogP contribution in [-0.2, 0) is 24.0 Å². The van der Waals surface area contributed by atoms with E-state index in [1.54, 1.807) is 23.1 Å². The Morgan fingerprint density at radius 3 is 2.69 bits per heavy atom. The van der Waals surface area contributed by atoms with E-state index in [0.29, 0.717) is 72.9 Å². The molecule has 0 saturated carbocycles. The van der Waals surface area contributed by atoms with Crippen LogP contribution in [0.5, 0.6) is 5.75 Å². The number of carbonyl (C=O) groups excluding carboxylic acids is 1. The zero-order chi connectivity index (χ0) is 35.7. The molecule has 4 aromatic heterocycles. The van der Waals surface area contributed by atoms with E-state index in [9.17, 15) is 18.4 Å². The summed E-state index contributed by atoms with van der Waals surface area (Å²) in [5, 5.41) is 11.2. The molecule has 6 heterocycles. The highest BCUT2D eigenvalue weighted by Gasteiger charge is 2.44. The number of halogens is 2. The minimum atomic E-state index is -0.737. The lowest BCUT2D eigenvalue weighted by Crippen LogP contribution is -2.38. The average Bonchev–Trinajstić information content (AvgIpc) is 3.93. The number of hydrogen-bond acceptors (Lipinski definition) is 10. The number of hydrogen-bond donors (Lipinski definition) is 2. The molecular formula is C38H32F2N6O5S. The molecule has 264 valence electrons. The summed E-state index contributed by atoms with van der Waals surface area (Å²) in [5.74, 6) is -0.669. The summed E-state index contributed by atoms with van der Waals surface area (Å²) in [5.41, 5.74) is 6.12. The Balaban J connectivity index is 1.22. The van der Waals surface area contributed by atoms with Crippen LogP contribution in [0.25, 0.3) is 32.0 Å². The maximum Gasteiger partial charge on any atom is 0.434 e. The molecule has 14 heteroatoms. The number of benzene rings is 2. The highest BCUT2D eigenvalue weighted by molar-refractivity contribution is 7.23. The second-order valence-electron chi connectivity index (χ2n) is 13.2. The normalized spacial score (nSPS) is 17.8. The van der Waals surface area contributed by atoms with Crippen LogP contribution in [0.2, 0.25) is 0 Å². The minimum absolute atomic E-state index is 0.0205. The Kier molecular flexibility index (Phi) is 7.88. The van der Waals surface area contributed by atoms with E-state index in [2.05, 4.69) is 15.5 Å². The van der Waals surface area contributed by atoms with Gasteiger partial charge in [-0.25, -0.2) is 23.7 Å². The lowest BCUT2D eigenvalue weighted by Gasteiger charge is -2.29. The zero-order valence-electron chi connectivity index (χ0n) is 28.2. The number of thiophene rings is 1. The van der Waals surface area contributed by atoms with Crippen LogP contribution in [0.4, 0.5) is 14.6 Å². The fourth-order valence-corrected chi connectivity index (χ4v) is 8.97. The number of ether oxygens (including phenoxy) is 2. The van der Waals surface area contributed by atoms with E-state index >= 15 is 0 Å². The molecule has 6 aromatic rings. The molecule has 9 rings (SSSR count). The molecule has 2 aromatic carbocycles. The highest BCUT2D eigenvalue weighted by Crippen LogP contribution is 2.49. The lowest BCUT2D eigenvalue weighted by molar-refractivity contribution is 0.00352. The van der Waals surface area contributed by atoms with E-state index in [1.165, 1.54) is 36.6 Å². The van der Waals surface area contributed by atoms with Gasteiger partial charge in [-0.3, -0.25) is 9.78 Å². The fourth-order valence-electron chi connectivity index (χ4n) is 7.82. The van der Waals surface area contributed by atoms with Crippen molar-refractivity contribution in [1.82, 2.24) is 25.1 Å². The number of H-pyrrole nitrogens is 1. The molecule has 1 saturated heterocycles. The van der Waals surface area contributed by atoms with Gasteiger partial charge in [-0.2, -0.15) is 0 Å². The number of fused-ring (bicyclic) bond motifs is 5. The smallest absolute Gasteiger partial charge is 0.434 e. The van der Waals surface area contributed by atoms with Crippen LogP contribution in [-0.4, -0.2) is 57.8 Å². The maximum atomic E-state index is 14.5. The van der Waals surface area contributed by atoms with Crippen LogP contribution in [0.3, 0.4) is 0 Å². The molecule has 2 N–H and O–H groups in total. The predicted octanol–water partition coefficient (Wildman–Crippen LogP) is 6.71. The third kappa shape index (κ3) is 5.35. The summed E-state index contributed by atoms with van der Waals surface area (Å²) in [6.45, 7) is 3.06. The number of rotatable bonds is 8. The van der Waals surface area contributed by atoms with Crippen LogP contribution in [0.15, 0.2) is 57.7 Å². The molecular weight excluding hydrogens is 691 g/mol. The van der Waals surface area contributed by atoms with E-state index in [1.807, 2.05) is 19.1 Å². The quantitative estimate of drug-likeness (QED) is 0.176. The van der Waals surface area contributed by atoms with Gasteiger partial charge in [0.2, 0.25) is 0 Å². The van der Waals surface area contributed by atoms with Gasteiger partial charge < -0.3 is 24.1 Å². The SMILES string of the molecule is COc1c(F)ccc2c1CC[C@@H]2Nc1nc(C)cc2cc(-c3c4c(nc(CCc5ccc(F)cc5)c3-c3n[nH]c(=O)o3)C3COCCN3C4=O)sc12. The molecule has 0 bridgehead atoms. The first-order valence-electron chi connectivity index (χ1n) is 17.1. The number of amides is 1. The van der Waals surface area contributed by atoms with Crippen molar-refractivity contribution >= 4 is 33.1 Å². The van der Waals surface area contributed by atoms with Crippen molar-refractivity contribution in [2.75, 3.05) is 32.2 Å². The molecule has 11 nitrogen and oxygen atoms in total. The second kappa shape index (κ2) is 12.6. The molecule has 1 aliphatic carbocycles. The van der Waals surface area contributed by atoms with Gasteiger partial charge in [-0.15, -0.1) is 16.4 Å². The van der Waals surface area contributed by atoms with Gasteiger partial charge in [0, 0.05) is 28.2 Å². The topological polar surface area (TPSA) is 135 Å². The molecule has 1 amide bonds. The molecule has 2 atom stereocenters. The zero-order valence-corrected chi connectivity index (χ0v) is 29.0. The molecule has 1 unspecified atom stereocenters. The van der Waals surface area contributed by atoms with E-state index < -0.39 is 5.76 Å². The number of aryl methyl sites for hydroxylation is 3. The third-order valence-electron chi connectivity index (χ3n) is 10.1. The molecule has 52 heavy (non-hydrogen) atoms. The van der Waals surface area contributed by atoms with Crippen molar-refractivity contribution < 1.29 is 27.5 Å². The van der Waals surface area contributed by atoms with Gasteiger partial charge in [0.25, 0.3) is 11.8 Å². The van der Waals surface area contributed by atoms with Crippen molar-refractivity contribution in [3.8, 4) is 27.6 Å². The number of nitrogens with zero attached hydrogens (tertiary/aromatic N) is 4. The second-order valence-corrected chi connectivity index (χ2v) is 14.3. The highest BCUT2D eigenvalue weighted by atomic mass is 32.1.